The van der Waals surface area contributed by atoms with Gasteiger partial charge in [0.15, 0.2) is 6.10 Å². The van der Waals surface area contributed by atoms with Crippen molar-refractivity contribution in [1.29, 1.82) is 0 Å². The van der Waals surface area contributed by atoms with Crippen molar-refractivity contribution in [1.82, 2.24) is 5.32 Å². The third-order valence-corrected chi connectivity index (χ3v) is 3.83. The van der Waals surface area contributed by atoms with E-state index in [1.807, 2.05) is 0 Å². The van der Waals surface area contributed by atoms with Crippen molar-refractivity contribution < 1.29 is 19.4 Å². The van der Waals surface area contributed by atoms with Gasteiger partial charge in [-0.3, -0.25) is 4.79 Å². The second-order valence-corrected chi connectivity index (χ2v) is 5.66. The Morgan fingerprint density at radius 3 is 2.41 bits per heavy atom. The molecule has 0 aromatic heterocycles. The number of ether oxygens (including phenoxy) is 1. The average molecular weight is 241 g/mol. The van der Waals surface area contributed by atoms with E-state index in [9.17, 15) is 9.59 Å². The Hall–Kier alpha value is -1.10. The Bertz CT molecular complexity index is 339. The summed E-state index contributed by atoms with van der Waals surface area (Å²) in [6.07, 6.45) is 0.650. The van der Waals surface area contributed by atoms with Crippen LogP contribution in [-0.4, -0.2) is 35.7 Å². The number of carboxylic acids is 1. The molecule has 0 spiro atoms. The highest BCUT2D eigenvalue weighted by molar-refractivity contribution is 5.82. The predicted molar refractivity (Wildman–Crippen MR) is 60.4 cm³/mol. The van der Waals surface area contributed by atoms with Gasteiger partial charge in [0.05, 0.1) is 0 Å². The van der Waals surface area contributed by atoms with Crippen LogP contribution in [0.15, 0.2) is 0 Å². The second kappa shape index (κ2) is 4.29. The molecule has 5 heteroatoms. The molecule has 2 aliphatic rings. The van der Waals surface area contributed by atoms with Crippen LogP contribution in [-0.2, 0) is 14.3 Å². The van der Waals surface area contributed by atoms with E-state index >= 15 is 0 Å². The van der Waals surface area contributed by atoms with Gasteiger partial charge in [0, 0.05) is 6.54 Å². The molecule has 0 bridgehead atoms. The summed E-state index contributed by atoms with van der Waals surface area (Å²) in [5, 5.41) is 11.6. The monoisotopic (exact) mass is 241 g/mol. The molecular formula is C12H19NO4. The van der Waals surface area contributed by atoms with Crippen LogP contribution in [0.3, 0.4) is 0 Å². The lowest BCUT2D eigenvalue weighted by Crippen LogP contribution is -2.37. The molecule has 5 nitrogen and oxygen atoms in total. The number of carbonyl (C=O) groups is 2. The first-order chi connectivity index (χ1) is 7.90. The molecule has 1 unspecified atom stereocenters. The zero-order chi connectivity index (χ0) is 12.6. The SMILES string of the molecule is CC1(C)CC1CNC(=O)[C@@H]1CC[C@H](C(=O)O)O1. The van der Waals surface area contributed by atoms with E-state index in [2.05, 4.69) is 19.2 Å². The predicted octanol–water partition coefficient (Wildman–Crippen LogP) is 0.781. The van der Waals surface area contributed by atoms with Gasteiger partial charge < -0.3 is 15.2 Å². The van der Waals surface area contributed by atoms with Crippen LogP contribution in [0, 0.1) is 11.3 Å². The Morgan fingerprint density at radius 1 is 1.35 bits per heavy atom. The third kappa shape index (κ3) is 2.77. The highest BCUT2D eigenvalue weighted by Gasteiger charge is 2.45. The number of rotatable bonds is 4. The van der Waals surface area contributed by atoms with E-state index in [0.717, 1.165) is 6.42 Å². The molecule has 96 valence electrons. The number of hydrogen-bond donors (Lipinski definition) is 2. The van der Waals surface area contributed by atoms with Crippen LogP contribution in [0.4, 0.5) is 0 Å². The highest BCUT2D eigenvalue weighted by atomic mass is 16.5. The highest BCUT2D eigenvalue weighted by Crippen LogP contribution is 2.50. The molecule has 0 radical (unpaired) electrons. The molecule has 2 rings (SSSR count). The summed E-state index contributed by atoms with van der Waals surface area (Å²) in [6, 6.07) is 0. The molecule has 1 aliphatic heterocycles. The number of carbonyl (C=O) groups excluding carboxylic acids is 1. The zero-order valence-electron chi connectivity index (χ0n) is 10.2. The molecule has 1 aliphatic carbocycles. The summed E-state index contributed by atoms with van der Waals surface area (Å²) in [6.45, 7) is 5.02. The number of carboxylic acid groups (broad SMARTS) is 1. The van der Waals surface area contributed by atoms with Gasteiger partial charge in [-0.1, -0.05) is 13.8 Å². The molecule has 0 aromatic carbocycles. The molecular weight excluding hydrogens is 222 g/mol. The fourth-order valence-corrected chi connectivity index (χ4v) is 2.27. The first-order valence-electron chi connectivity index (χ1n) is 6.06. The van der Waals surface area contributed by atoms with Crippen LogP contribution in [0.25, 0.3) is 0 Å². The van der Waals surface area contributed by atoms with Crippen LogP contribution in [0.1, 0.15) is 33.1 Å². The standard InChI is InChI=1S/C12H19NO4/c1-12(2)5-7(12)6-13-10(14)8-3-4-9(17-8)11(15)16/h7-9H,3-6H2,1-2H3,(H,13,14)(H,15,16)/t7?,8-,9+/m0/s1. The lowest BCUT2D eigenvalue weighted by Gasteiger charge is -2.12. The smallest absolute Gasteiger partial charge is 0.332 e. The summed E-state index contributed by atoms with van der Waals surface area (Å²) in [7, 11) is 0. The quantitative estimate of drug-likeness (QED) is 0.762. The molecule has 1 saturated carbocycles. The first-order valence-corrected chi connectivity index (χ1v) is 6.06. The van der Waals surface area contributed by atoms with Crippen LogP contribution < -0.4 is 5.32 Å². The van der Waals surface area contributed by atoms with Crippen molar-refractivity contribution in [2.24, 2.45) is 11.3 Å². The molecule has 17 heavy (non-hydrogen) atoms. The molecule has 2 fully saturated rings. The normalized spacial score (nSPS) is 34.4. The first kappa shape index (κ1) is 12.4. The van der Waals surface area contributed by atoms with E-state index < -0.39 is 18.2 Å². The second-order valence-electron chi connectivity index (χ2n) is 5.66. The average Bonchev–Trinajstić information content (AvgIpc) is 2.68. The zero-order valence-corrected chi connectivity index (χ0v) is 10.2. The van der Waals surface area contributed by atoms with Crippen molar-refractivity contribution in [3.8, 4) is 0 Å². The summed E-state index contributed by atoms with van der Waals surface area (Å²) < 4.78 is 5.18. The Labute approximate surface area is 101 Å². The fraction of sp³-hybridized carbons (Fsp3) is 0.833. The Kier molecular flexibility index (Phi) is 3.12. The molecule has 0 aromatic rings. The van der Waals surface area contributed by atoms with E-state index in [1.165, 1.54) is 0 Å². The fourth-order valence-electron chi connectivity index (χ4n) is 2.27. The van der Waals surface area contributed by atoms with E-state index in [-0.39, 0.29) is 5.91 Å². The number of aliphatic carboxylic acids is 1. The largest absolute Gasteiger partial charge is 0.479 e. The number of hydrogen-bond acceptors (Lipinski definition) is 3. The molecule has 1 heterocycles. The van der Waals surface area contributed by atoms with Gasteiger partial charge in [-0.25, -0.2) is 4.79 Å². The summed E-state index contributed by atoms with van der Waals surface area (Å²) in [5.74, 6) is -0.608. The molecule has 2 N–H and O–H groups in total. The van der Waals surface area contributed by atoms with Crippen molar-refractivity contribution in [2.45, 2.75) is 45.3 Å². The van der Waals surface area contributed by atoms with E-state index in [0.29, 0.717) is 30.7 Å². The Morgan fingerprint density at radius 2 is 1.94 bits per heavy atom. The van der Waals surface area contributed by atoms with Gasteiger partial charge >= 0.3 is 5.97 Å². The Balaban J connectivity index is 1.72. The van der Waals surface area contributed by atoms with Gasteiger partial charge in [-0.2, -0.15) is 0 Å². The van der Waals surface area contributed by atoms with Crippen molar-refractivity contribution in [2.75, 3.05) is 6.54 Å². The van der Waals surface area contributed by atoms with Gasteiger partial charge in [0.1, 0.15) is 6.10 Å². The summed E-state index contributed by atoms with van der Waals surface area (Å²) >= 11 is 0. The minimum Gasteiger partial charge on any atom is -0.479 e. The van der Waals surface area contributed by atoms with Gasteiger partial charge in [0.25, 0.3) is 0 Å². The molecule has 1 amide bonds. The molecule has 3 atom stereocenters. The number of nitrogens with one attached hydrogen (secondary N) is 1. The maximum Gasteiger partial charge on any atom is 0.332 e. The third-order valence-electron chi connectivity index (χ3n) is 3.83. The maximum atomic E-state index is 11.7. The van der Waals surface area contributed by atoms with Crippen molar-refractivity contribution in [3.05, 3.63) is 0 Å². The molecule has 1 saturated heterocycles. The van der Waals surface area contributed by atoms with Crippen LogP contribution >= 0.6 is 0 Å². The van der Waals surface area contributed by atoms with Crippen molar-refractivity contribution in [3.63, 3.8) is 0 Å². The summed E-state index contributed by atoms with van der Waals surface area (Å²) in [5.41, 5.74) is 0.341. The topological polar surface area (TPSA) is 75.6 Å². The minimum absolute atomic E-state index is 0.170. The van der Waals surface area contributed by atoms with E-state index in [1.54, 1.807) is 0 Å². The van der Waals surface area contributed by atoms with E-state index in [4.69, 9.17) is 9.84 Å². The minimum atomic E-state index is -0.983. The van der Waals surface area contributed by atoms with Crippen LogP contribution in [0.2, 0.25) is 0 Å². The lowest BCUT2D eigenvalue weighted by molar-refractivity contribution is -0.151. The maximum absolute atomic E-state index is 11.7. The summed E-state index contributed by atoms with van der Waals surface area (Å²) in [4.78, 5) is 22.4. The number of amides is 1. The van der Waals surface area contributed by atoms with Crippen molar-refractivity contribution >= 4 is 11.9 Å². The van der Waals surface area contributed by atoms with Gasteiger partial charge in [-0.15, -0.1) is 0 Å². The van der Waals surface area contributed by atoms with Crippen LogP contribution in [0.5, 0.6) is 0 Å². The lowest BCUT2D eigenvalue weighted by atomic mass is 10.1. The van der Waals surface area contributed by atoms with Gasteiger partial charge in [-0.05, 0) is 30.6 Å². The van der Waals surface area contributed by atoms with Gasteiger partial charge in [0.2, 0.25) is 5.91 Å².